The van der Waals surface area contributed by atoms with Crippen LogP contribution in [0.5, 0.6) is 0 Å². The van der Waals surface area contributed by atoms with Crippen molar-refractivity contribution in [2.24, 2.45) is 11.5 Å². The van der Waals surface area contributed by atoms with E-state index in [0.717, 1.165) is 0 Å². The van der Waals surface area contributed by atoms with Crippen LogP contribution >= 0.6 is 0 Å². The van der Waals surface area contributed by atoms with E-state index in [4.69, 9.17) is 11.5 Å². The zero-order chi connectivity index (χ0) is 10.8. The molecule has 0 saturated heterocycles. The Balaban J connectivity index is 3.03. The van der Waals surface area contributed by atoms with E-state index in [9.17, 15) is 9.59 Å². The van der Waals surface area contributed by atoms with Crippen LogP contribution in [0.3, 0.4) is 0 Å². The Kier molecular flexibility index (Phi) is 2.62. The van der Waals surface area contributed by atoms with Crippen LogP contribution in [0.2, 0.25) is 0 Å². The number of carbonyl (C=O) groups is 2. The molecule has 5 nitrogen and oxygen atoms in total. The summed E-state index contributed by atoms with van der Waals surface area (Å²) in [5, 5.41) is 0. The van der Waals surface area contributed by atoms with Crippen LogP contribution in [0.15, 0.2) is 24.5 Å². The van der Waals surface area contributed by atoms with Crippen LogP contribution in [-0.4, -0.2) is 22.2 Å². The van der Waals surface area contributed by atoms with Crippen LogP contribution in [0.25, 0.3) is 0 Å². The fourth-order valence-electron chi connectivity index (χ4n) is 0.915. The largest absolute Gasteiger partial charge is 0.368 e. The quantitative estimate of drug-likeness (QED) is 0.497. The molecule has 0 aliphatic rings. The van der Waals surface area contributed by atoms with Gasteiger partial charge in [0.05, 0.1) is 0 Å². The van der Waals surface area contributed by atoms with E-state index in [1.807, 2.05) is 0 Å². The minimum Gasteiger partial charge on any atom is -0.368 e. The molecule has 1 aromatic rings. The number of nitrogens with zero attached hydrogens (tertiary/aromatic N) is 1. The van der Waals surface area contributed by atoms with Gasteiger partial charge in [-0.1, -0.05) is 0 Å². The highest BCUT2D eigenvalue weighted by Gasteiger charge is 2.35. The number of rotatable bonds is 3. The van der Waals surface area contributed by atoms with E-state index in [-0.39, 0.29) is 0 Å². The van der Waals surface area contributed by atoms with Crippen molar-refractivity contribution >= 4 is 11.7 Å². The second-order valence-electron chi connectivity index (χ2n) is 3.13. The monoisotopic (exact) mass is 193 g/mol. The first-order chi connectivity index (χ1) is 6.46. The summed E-state index contributed by atoms with van der Waals surface area (Å²) >= 11 is 0. The van der Waals surface area contributed by atoms with Gasteiger partial charge in [0.1, 0.15) is 0 Å². The van der Waals surface area contributed by atoms with E-state index in [1.54, 1.807) is 0 Å². The van der Waals surface area contributed by atoms with Crippen LogP contribution in [0.1, 0.15) is 17.3 Å². The van der Waals surface area contributed by atoms with Crippen molar-refractivity contribution in [2.75, 3.05) is 0 Å². The zero-order valence-electron chi connectivity index (χ0n) is 7.73. The van der Waals surface area contributed by atoms with Crippen molar-refractivity contribution in [3.63, 3.8) is 0 Å². The lowest BCUT2D eigenvalue weighted by atomic mass is 9.92. The van der Waals surface area contributed by atoms with E-state index in [1.165, 1.54) is 31.5 Å². The lowest BCUT2D eigenvalue weighted by Crippen LogP contribution is -2.55. The number of hydrogen-bond donors (Lipinski definition) is 2. The fourth-order valence-corrected chi connectivity index (χ4v) is 0.915. The summed E-state index contributed by atoms with van der Waals surface area (Å²) < 4.78 is 0. The average molecular weight is 193 g/mol. The molecule has 1 amide bonds. The van der Waals surface area contributed by atoms with Gasteiger partial charge in [0.15, 0.2) is 11.3 Å². The maximum Gasteiger partial charge on any atom is 0.245 e. The third-order valence-electron chi connectivity index (χ3n) is 1.93. The predicted molar refractivity (Wildman–Crippen MR) is 50.4 cm³/mol. The Morgan fingerprint density at radius 1 is 1.36 bits per heavy atom. The fraction of sp³-hybridized carbons (Fsp3) is 0.222. The molecular formula is C9H11N3O2. The maximum atomic E-state index is 11.7. The molecule has 0 aliphatic carbocycles. The first kappa shape index (κ1) is 10.3. The van der Waals surface area contributed by atoms with E-state index in [0.29, 0.717) is 5.56 Å². The minimum absolute atomic E-state index is 0.323. The standard InChI is InChI=1S/C9H11N3O2/c1-9(11,8(10)14)7(13)6-2-4-12-5-3-6/h2-5H,11H2,1H3,(H2,10,14)/t9-/m0/s1. The number of ketones is 1. The number of pyridine rings is 1. The first-order valence-corrected chi connectivity index (χ1v) is 4.00. The minimum atomic E-state index is -1.67. The molecule has 0 saturated carbocycles. The van der Waals surface area contributed by atoms with Crippen LogP contribution in [0, 0.1) is 0 Å². The molecule has 0 aliphatic heterocycles. The molecule has 14 heavy (non-hydrogen) atoms. The molecule has 0 aromatic carbocycles. The molecule has 0 fully saturated rings. The Morgan fingerprint density at radius 2 is 1.86 bits per heavy atom. The predicted octanol–water partition coefficient (Wildman–Crippen LogP) is -0.533. The van der Waals surface area contributed by atoms with Gasteiger partial charge in [-0.25, -0.2) is 0 Å². The molecule has 0 radical (unpaired) electrons. The van der Waals surface area contributed by atoms with Crippen molar-refractivity contribution < 1.29 is 9.59 Å². The van der Waals surface area contributed by atoms with Gasteiger partial charge in [0, 0.05) is 18.0 Å². The van der Waals surface area contributed by atoms with E-state index >= 15 is 0 Å². The summed E-state index contributed by atoms with van der Waals surface area (Å²) in [7, 11) is 0. The summed E-state index contributed by atoms with van der Waals surface area (Å²) in [4.78, 5) is 26.3. The van der Waals surface area contributed by atoms with Gasteiger partial charge in [-0.15, -0.1) is 0 Å². The second kappa shape index (κ2) is 3.55. The van der Waals surface area contributed by atoms with Crippen LogP contribution in [-0.2, 0) is 4.79 Å². The Hall–Kier alpha value is -1.75. The third kappa shape index (κ3) is 1.77. The molecule has 4 N–H and O–H groups in total. The molecule has 1 rings (SSSR count). The zero-order valence-corrected chi connectivity index (χ0v) is 7.73. The molecule has 1 aromatic heterocycles. The number of hydrogen-bond acceptors (Lipinski definition) is 4. The molecule has 5 heteroatoms. The summed E-state index contributed by atoms with van der Waals surface area (Å²) in [6, 6.07) is 2.97. The molecule has 74 valence electrons. The number of carbonyl (C=O) groups excluding carboxylic acids is 2. The lowest BCUT2D eigenvalue weighted by molar-refractivity contribution is -0.121. The summed E-state index contributed by atoms with van der Waals surface area (Å²) in [5.74, 6) is -1.35. The number of nitrogens with two attached hydrogens (primary N) is 2. The smallest absolute Gasteiger partial charge is 0.245 e. The van der Waals surface area contributed by atoms with Crippen molar-refractivity contribution in [1.29, 1.82) is 0 Å². The number of aromatic nitrogens is 1. The molecule has 0 unspecified atom stereocenters. The van der Waals surface area contributed by atoms with Crippen molar-refractivity contribution in [3.05, 3.63) is 30.1 Å². The van der Waals surface area contributed by atoms with Crippen LogP contribution in [0.4, 0.5) is 0 Å². The van der Waals surface area contributed by atoms with Gasteiger partial charge >= 0.3 is 0 Å². The van der Waals surface area contributed by atoms with Gasteiger partial charge in [-0.2, -0.15) is 0 Å². The highest BCUT2D eigenvalue weighted by Crippen LogP contribution is 2.09. The van der Waals surface area contributed by atoms with Crippen molar-refractivity contribution in [1.82, 2.24) is 4.98 Å². The highest BCUT2D eigenvalue weighted by atomic mass is 16.2. The van der Waals surface area contributed by atoms with Gasteiger partial charge in [-0.3, -0.25) is 14.6 Å². The summed E-state index contributed by atoms with van der Waals surface area (Å²) in [5.41, 5.74) is 9.16. The first-order valence-electron chi connectivity index (χ1n) is 4.00. The van der Waals surface area contributed by atoms with Crippen LogP contribution < -0.4 is 11.5 Å². The van der Waals surface area contributed by atoms with Gasteiger partial charge in [0.25, 0.3) is 0 Å². The van der Waals surface area contributed by atoms with Crippen molar-refractivity contribution in [3.8, 4) is 0 Å². The SMILES string of the molecule is C[C@@](N)(C(N)=O)C(=O)c1ccncc1. The third-order valence-corrected chi connectivity index (χ3v) is 1.93. The van der Waals surface area contributed by atoms with Crippen molar-refractivity contribution in [2.45, 2.75) is 12.5 Å². The molecule has 1 atom stereocenters. The van der Waals surface area contributed by atoms with Gasteiger partial charge in [-0.05, 0) is 19.1 Å². The second-order valence-corrected chi connectivity index (χ2v) is 3.13. The number of primary amides is 1. The van der Waals surface area contributed by atoms with Gasteiger partial charge in [0.2, 0.25) is 5.91 Å². The average Bonchev–Trinajstić information content (AvgIpc) is 2.17. The topological polar surface area (TPSA) is 99.1 Å². The molecule has 1 heterocycles. The Morgan fingerprint density at radius 3 is 2.29 bits per heavy atom. The normalized spacial score (nSPS) is 14.4. The lowest BCUT2D eigenvalue weighted by Gasteiger charge is -2.18. The summed E-state index contributed by atoms with van der Waals surface area (Å²) in [6.07, 6.45) is 2.90. The summed E-state index contributed by atoms with van der Waals surface area (Å²) in [6.45, 7) is 1.29. The Bertz CT molecular complexity index is 360. The molecule has 0 bridgehead atoms. The Labute approximate surface area is 81.1 Å². The number of amides is 1. The van der Waals surface area contributed by atoms with E-state index in [2.05, 4.69) is 4.98 Å². The van der Waals surface area contributed by atoms with Gasteiger partial charge < -0.3 is 11.5 Å². The molecular weight excluding hydrogens is 182 g/mol. The highest BCUT2D eigenvalue weighted by molar-refractivity contribution is 6.16. The number of Topliss-reactive ketones (excluding diaryl/α,β-unsaturated/α-hetero) is 1. The molecule has 0 spiro atoms. The van der Waals surface area contributed by atoms with E-state index < -0.39 is 17.2 Å². The maximum absolute atomic E-state index is 11.7.